The molecule has 202 valence electrons. The SMILES string of the molecule is C1=Cc2ccc3c(-c4cc5c6cccc7c6c(cc5c5ccccc45)-c4cc5ccccc5cc4-7)ccc4c3c2C(=CC4)C1. The van der Waals surface area contributed by atoms with Crippen molar-refractivity contribution >= 4 is 65.5 Å². The quantitative estimate of drug-likeness (QED) is 0.177. The van der Waals surface area contributed by atoms with Crippen LogP contribution in [0.25, 0.3) is 98.9 Å². The van der Waals surface area contributed by atoms with Crippen LogP contribution < -0.4 is 0 Å². The van der Waals surface area contributed by atoms with Crippen molar-refractivity contribution in [3.05, 3.63) is 144 Å². The fourth-order valence-corrected chi connectivity index (χ4v) is 8.66. The maximum atomic E-state index is 2.50. The summed E-state index contributed by atoms with van der Waals surface area (Å²) in [5, 5.41) is 13.5. The first-order chi connectivity index (χ1) is 21.8. The first-order valence-electron chi connectivity index (χ1n) is 15.7. The van der Waals surface area contributed by atoms with Gasteiger partial charge in [-0.15, -0.1) is 0 Å². The predicted molar refractivity (Wildman–Crippen MR) is 189 cm³/mol. The Bertz CT molecular complexity index is 2700. The van der Waals surface area contributed by atoms with Crippen LogP contribution in [0.1, 0.15) is 23.1 Å². The minimum Gasteiger partial charge on any atom is -0.0795 e. The van der Waals surface area contributed by atoms with E-state index in [2.05, 4.69) is 133 Å². The lowest BCUT2D eigenvalue weighted by atomic mass is 9.79. The predicted octanol–water partition coefficient (Wildman–Crippen LogP) is 12.1. The van der Waals surface area contributed by atoms with Crippen LogP contribution >= 0.6 is 0 Å². The molecule has 0 aliphatic heterocycles. The van der Waals surface area contributed by atoms with Crippen LogP contribution in [0, 0.1) is 0 Å². The largest absolute Gasteiger partial charge is 0.0795 e. The van der Waals surface area contributed by atoms with Gasteiger partial charge in [0.2, 0.25) is 0 Å². The average Bonchev–Trinajstić information content (AvgIpc) is 3.39. The third kappa shape index (κ3) is 2.84. The number of rotatable bonds is 1. The lowest BCUT2D eigenvalue weighted by Crippen LogP contribution is -2.03. The third-order valence-corrected chi connectivity index (χ3v) is 10.6. The van der Waals surface area contributed by atoms with E-state index < -0.39 is 0 Å². The van der Waals surface area contributed by atoms with Crippen molar-refractivity contribution in [2.45, 2.75) is 12.8 Å². The van der Waals surface area contributed by atoms with Gasteiger partial charge >= 0.3 is 0 Å². The molecule has 8 aromatic rings. The highest BCUT2D eigenvalue weighted by molar-refractivity contribution is 6.29. The minimum absolute atomic E-state index is 1.01. The van der Waals surface area contributed by atoms with E-state index in [-0.39, 0.29) is 0 Å². The van der Waals surface area contributed by atoms with Crippen LogP contribution in [0.3, 0.4) is 0 Å². The Morgan fingerprint density at radius 3 is 2.05 bits per heavy atom. The highest BCUT2D eigenvalue weighted by Crippen LogP contribution is 2.52. The molecule has 0 bridgehead atoms. The van der Waals surface area contributed by atoms with Crippen LogP contribution in [-0.2, 0) is 6.42 Å². The Morgan fingerprint density at radius 2 is 1.16 bits per heavy atom. The first-order valence-corrected chi connectivity index (χ1v) is 15.7. The van der Waals surface area contributed by atoms with Crippen molar-refractivity contribution in [2.75, 3.05) is 0 Å². The van der Waals surface area contributed by atoms with Crippen LogP contribution in [0.4, 0.5) is 0 Å². The van der Waals surface area contributed by atoms with Gasteiger partial charge in [-0.1, -0.05) is 109 Å². The molecule has 0 fully saturated rings. The highest BCUT2D eigenvalue weighted by atomic mass is 14.3. The van der Waals surface area contributed by atoms with Gasteiger partial charge in [-0.2, -0.15) is 0 Å². The Morgan fingerprint density at radius 1 is 0.409 bits per heavy atom. The molecule has 11 rings (SSSR count). The summed E-state index contributed by atoms with van der Waals surface area (Å²) in [5.74, 6) is 0. The molecule has 3 aliphatic carbocycles. The second kappa shape index (κ2) is 8.13. The fraction of sp³-hybridized carbons (Fsp3) is 0.0455. The molecule has 8 aromatic carbocycles. The maximum Gasteiger partial charge on any atom is -0.00199 e. The van der Waals surface area contributed by atoms with Gasteiger partial charge in [0, 0.05) is 0 Å². The van der Waals surface area contributed by atoms with Gasteiger partial charge in [0.1, 0.15) is 0 Å². The Hall–Kier alpha value is -5.46. The molecule has 3 aliphatic rings. The van der Waals surface area contributed by atoms with E-state index in [1.807, 2.05) is 0 Å². The summed E-state index contributed by atoms with van der Waals surface area (Å²) in [6.45, 7) is 0. The number of hydrogen-bond acceptors (Lipinski definition) is 0. The Balaban J connectivity index is 1.27. The summed E-state index contributed by atoms with van der Waals surface area (Å²) >= 11 is 0. The van der Waals surface area contributed by atoms with Crippen LogP contribution in [0.5, 0.6) is 0 Å². The second-order valence-corrected chi connectivity index (χ2v) is 12.7. The maximum absolute atomic E-state index is 2.50. The molecule has 0 unspecified atom stereocenters. The van der Waals surface area contributed by atoms with Crippen molar-refractivity contribution in [2.24, 2.45) is 0 Å². The van der Waals surface area contributed by atoms with Gasteiger partial charge in [-0.3, -0.25) is 0 Å². The smallest absolute Gasteiger partial charge is 0.00199 e. The third-order valence-electron chi connectivity index (χ3n) is 10.6. The number of hydrogen-bond donors (Lipinski definition) is 0. The number of fused-ring (bicyclic) bond motifs is 8. The number of benzene rings is 8. The number of allylic oxidation sites excluding steroid dienone is 3. The molecule has 0 heteroatoms. The van der Waals surface area contributed by atoms with Crippen molar-refractivity contribution in [3.8, 4) is 33.4 Å². The van der Waals surface area contributed by atoms with E-state index in [1.54, 1.807) is 0 Å². The zero-order chi connectivity index (χ0) is 28.5. The normalized spacial score (nSPS) is 14.2. The molecule has 0 nitrogen and oxygen atoms in total. The zero-order valence-corrected chi connectivity index (χ0v) is 24.1. The molecular weight excluding hydrogens is 528 g/mol. The molecule has 0 saturated carbocycles. The van der Waals surface area contributed by atoms with Gasteiger partial charge in [0.25, 0.3) is 0 Å². The average molecular weight is 555 g/mol. The molecule has 0 radical (unpaired) electrons. The molecule has 44 heavy (non-hydrogen) atoms. The fourth-order valence-electron chi connectivity index (χ4n) is 8.66. The molecule has 0 spiro atoms. The summed E-state index contributed by atoms with van der Waals surface area (Å²) in [6, 6.07) is 44.0. The van der Waals surface area contributed by atoms with Crippen LogP contribution in [0.15, 0.2) is 127 Å². The van der Waals surface area contributed by atoms with Gasteiger partial charge in [-0.25, -0.2) is 0 Å². The molecule has 0 saturated heterocycles. The Kier molecular flexibility index (Phi) is 4.26. The van der Waals surface area contributed by atoms with Crippen molar-refractivity contribution in [1.29, 1.82) is 0 Å². The standard InChI is InChI=1S/C44H26/c1-2-8-29-22-37-36(21-28(29)7-1)33-13-6-14-34-40-23-38(30-11-3-4-12-31(30)39(40)24-41(37)44(33)34)32-19-17-27-16-15-25-9-5-10-26-18-20-35(32)43(27)42(25)26/h1-8,10-15,17-24H,9,16H2. The summed E-state index contributed by atoms with van der Waals surface area (Å²) in [4.78, 5) is 0. The summed E-state index contributed by atoms with van der Waals surface area (Å²) < 4.78 is 0. The Labute approximate surface area is 255 Å². The van der Waals surface area contributed by atoms with E-state index in [9.17, 15) is 0 Å². The minimum atomic E-state index is 1.01. The topological polar surface area (TPSA) is 0 Å². The molecular formula is C44H26. The molecule has 0 aromatic heterocycles. The first kappa shape index (κ1) is 23.1. The van der Waals surface area contributed by atoms with Crippen LogP contribution in [-0.4, -0.2) is 0 Å². The van der Waals surface area contributed by atoms with Crippen molar-refractivity contribution in [1.82, 2.24) is 0 Å². The van der Waals surface area contributed by atoms with E-state index >= 15 is 0 Å². The van der Waals surface area contributed by atoms with E-state index in [1.165, 1.54) is 110 Å². The highest BCUT2D eigenvalue weighted by Gasteiger charge is 2.26. The molecule has 0 amide bonds. The summed E-state index contributed by atoms with van der Waals surface area (Å²) in [6.07, 6.45) is 9.11. The summed E-state index contributed by atoms with van der Waals surface area (Å²) in [5.41, 5.74) is 13.8. The van der Waals surface area contributed by atoms with Crippen LogP contribution in [0.2, 0.25) is 0 Å². The molecule has 0 heterocycles. The summed E-state index contributed by atoms with van der Waals surface area (Å²) in [7, 11) is 0. The lowest BCUT2D eigenvalue weighted by Gasteiger charge is -2.25. The van der Waals surface area contributed by atoms with Gasteiger partial charge in [0.15, 0.2) is 0 Å². The molecule has 0 atom stereocenters. The molecule has 0 N–H and O–H groups in total. The monoisotopic (exact) mass is 554 g/mol. The zero-order valence-electron chi connectivity index (χ0n) is 24.1. The van der Waals surface area contributed by atoms with E-state index in [4.69, 9.17) is 0 Å². The van der Waals surface area contributed by atoms with E-state index in [0.29, 0.717) is 0 Å². The van der Waals surface area contributed by atoms with Gasteiger partial charge < -0.3 is 0 Å². The van der Waals surface area contributed by atoms with Crippen molar-refractivity contribution in [3.63, 3.8) is 0 Å². The van der Waals surface area contributed by atoms with Crippen molar-refractivity contribution < 1.29 is 0 Å². The van der Waals surface area contributed by atoms with Gasteiger partial charge in [0.05, 0.1) is 0 Å². The second-order valence-electron chi connectivity index (χ2n) is 12.7. The van der Waals surface area contributed by atoms with Gasteiger partial charge in [-0.05, 0) is 147 Å². The van der Waals surface area contributed by atoms with E-state index in [0.717, 1.165) is 12.8 Å². The lowest BCUT2D eigenvalue weighted by molar-refractivity contribution is 1.23.